The Bertz CT molecular complexity index is 1180. The highest BCUT2D eigenvalue weighted by molar-refractivity contribution is 8.00. The Labute approximate surface area is 192 Å². The number of hydrogen-bond acceptors (Lipinski definition) is 5. The molecule has 32 heavy (non-hydrogen) atoms. The van der Waals surface area contributed by atoms with Gasteiger partial charge < -0.3 is 10.6 Å². The van der Waals surface area contributed by atoms with Crippen molar-refractivity contribution in [1.82, 2.24) is 4.98 Å². The number of nitrogens with zero attached hydrogens (tertiary/aromatic N) is 1. The van der Waals surface area contributed by atoms with Gasteiger partial charge >= 0.3 is 0 Å². The number of aromatic nitrogens is 1. The molecule has 0 aliphatic rings. The maximum Gasteiger partial charge on any atom is 0.255 e. The van der Waals surface area contributed by atoms with Gasteiger partial charge in [-0.1, -0.05) is 30.3 Å². The van der Waals surface area contributed by atoms with Gasteiger partial charge in [0, 0.05) is 27.7 Å². The molecule has 160 valence electrons. The van der Waals surface area contributed by atoms with E-state index in [0.29, 0.717) is 16.4 Å². The maximum atomic E-state index is 13.0. The van der Waals surface area contributed by atoms with E-state index >= 15 is 0 Å². The Hall–Kier alpha value is -3.49. The molecule has 2 N–H and O–H groups in total. The Balaban J connectivity index is 1.47. The van der Waals surface area contributed by atoms with Crippen molar-refractivity contribution in [3.63, 3.8) is 0 Å². The molecular weight excluding hydrogens is 445 g/mol. The highest BCUT2D eigenvalue weighted by Gasteiger charge is 2.23. The van der Waals surface area contributed by atoms with E-state index in [9.17, 15) is 14.0 Å². The predicted octanol–water partition coefficient (Wildman–Crippen LogP) is 6.01. The van der Waals surface area contributed by atoms with Gasteiger partial charge in [0.15, 0.2) is 5.13 Å². The van der Waals surface area contributed by atoms with Crippen LogP contribution in [0.15, 0.2) is 95.3 Å². The third-order valence-electron chi connectivity index (χ3n) is 4.48. The summed E-state index contributed by atoms with van der Waals surface area (Å²) in [5, 5.41) is 7.53. The van der Waals surface area contributed by atoms with Gasteiger partial charge in [-0.3, -0.25) is 9.59 Å². The standard InChI is InChI=1S/C24H18FN3O2S2/c25-18-8-6-17(7-9-18)22(29)27-19-10-12-20(13-11-19)32-21(16-4-2-1-3-5-16)23(30)28-24-26-14-15-31-24/h1-15,21H,(H,27,29)(H,26,28,30). The van der Waals surface area contributed by atoms with E-state index in [1.165, 1.54) is 47.4 Å². The van der Waals surface area contributed by atoms with Gasteiger partial charge in [0.2, 0.25) is 5.91 Å². The molecule has 0 spiro atoms. The Morgan fingerprint density at radius 2 is 1.62 bits per heavy atom. The summed E-state index contributed by atoms with van der Waals surface area (Å²) in [4.78, 5) is 30.3. The summed E-state index contributed by atoms with van der Waals surface area (Å²) in [6, 6.07) is 22.1. The number of amides is 2. The number of rotatable bonds is 7. The molecule has 0 fully saturated rings. The number of nitrogens with one attached hydrogen (secondary N) is 2. The average Bonchev–Trinajstić information content (AvgIpc) is 3.32. The molecule has 0 saturated carbocycles. The fraction of sp³-hybridized carbons (Fsp3) is 0.0417. The minimum absolute atomic E-state index is 0.162. The number of carbonyl (C=O) groups is 2. The van der Waals surface area contributed by atoms with Crippen molar-refractivity contribution in [1.29, 1.82) is 0 Å². The second-order valence-corrected chi connectivity index (χ2v) is 8.79. The minimum atomic E-state index is -0.472. The molecule has 1 atom stereocenters. The van der Waals surface area contributed by atoms with Crippen LogP contribution in [0.1, 0.15) is 21.2 Å². The van der Waals surface area contributed by atoms with Crippen LogP contribution in [0.4, 0.5) is 15.2 Å². The first-order valence-electron chi connectivity index (χ1n) is 9.67. The summed E-state index contributed by atoms with van der Waals surface area (Å²) in [5.74, 6) is -0.880. The molecule has 5 nitrogen and oxygen atoms in total. The van der Waals surface area contributed by atoms with E-state index in [0.717, 1.165) is 10.5 Å². The lowest BCUT2D eigenvalue weighted by Crippen LogP contribution is -2.18. The topological polar surface area (TPSA) is 71.1 Å². The van der Waals surface area contributed by atoms with Gasteiger partial charge in [-0.25, -0.2) is 9.37 Å². The zero-order chi connectivity index (χ0) is 22.3. The van der Waals surface area contributed by atoms with Gasteiger partial charge in [0.05, 0.1) is 0 Å². The van der Waals surface area contributed by atoms with Crippen LogP contribution in [0.25, 0.3) is 0 Å². The Kier molecular flexibility index (Phi) is 6.94. The minimum Gasteiger partial charge on any atom is -0.322 e. The predicted molar refractivity (Wildman–Crippen MR) is 127 cm³/mol. The molecule has 1 aromatic heterocycles. The first kappa shape index (κ1) is 21.7. The van der Waals surface area contributed by atoms with Crippen LogP contribution in [0.5, 0.6) is 0 Å². The SMILES string of the molecule is O=C(Nc1ccc(SC(C(=O)Nc2nccs2)c2ccccc2)cc1)c1ccc(F)cc1. The molecule has 4 aromatic rings. The lowest BCUT2D eigenvalue weighted by molar-refractivity contribution is -0.115. The average molecular weight is 464 g/mol. The Morgan fingerprint density at radius 1 is 0.906 bits per heavy atom. The first-order valence-corrected chi connectivity index (χ1v) is 11.4. The molecule has 2 amide bonds. The maximum absolute atomic E-state index is 13.0. The number of thiazole rings is 1. The molecule has 0 saturated heterocycles. The van der Waals surface area contributed by atoms with E-state index in [1.54, 1.807) is 23.7 Å². The van der Waals surface area contributed by atoms with Crippen molar-refractivity contribution in [3.8, 4) is 0 Å². The zero-order valence-electron chi connectivity index (χ0n) is 16.7. The van der Waals surface area contributed by atoms with Gasteiger partial charge in [-0.2, -0.15) is 0 Å². The largest absolute Gasteiger partial charge is 0.322 e. The van der Waals surface area contributed by atoms with Crippen LogP contribution in [0, 0.1) is 5.82 Å². The first-order chi connectivity index (χ1) is 15.6. The van der Waals surface area contributed by atoms with Crippen molar-refractivity contribution >= 4 is 45.7 Å². The van der Waals surface area contributed by atoms with E-state index in [-0.39, 0.29) is 11.8 Å². The lowest BCUT2D eigenvalue weighted by atomic mass is 10.1. The zero-order valence-corrected chi connectivity index (χ0v) is 18.3. The number of thioether (sulfide) groups is 1. The molecular formula is C24H18FN3O2S2. The smallest absolute Gasteiger partial charge is 0.255 e. The van der Waals surface area contributed by atoms with Crippen LogP contribution in [0.2, 0.25) is 0 Å². The van der Waals surface area contributed by atoms with Crippen LogP contribution in [-0.2, 0) is 4.79 Å². The summed E-state index contributed by atoms with van der Waals surface area (Å²) < 4.78 is 13.0. The molecule has 3 aromatic carbocycles. The normalized spacial score (nSPS) is 11.5. The Morgan fingerprint density at radius 3 is 2.28 bits per heavy atom. The van der Waals surface area contributed by atoms with Crippen molar-refractivity contribution in [3.05, 3.63) is 107 Å². The molecule has 0 radical (unpaired) electrons. The quantitative estimate of drug-likeness (QED) is 0.330. The van der Waals surface area contributed by atoms with Crippen molar-refractivity contribution in [2.45, 2.75) is 10.1 Å². The second kappa shape index (κ2) is 10.2. The molecule has 4 rings (SSSR count). The number of halogens is 1. The summed E-state index contributed by atoms with van der Waals surface area (Å²) in [6.45, 7) is 0. The van der Waals surface area contributed by atoms with Gasteiger partial charge in [0.1, 0.15) is 11.1 Å². The van der Waals surface area contributed by atoms with Crippen LogP contribution in [0.3, 0.4) is 0 Å². The van der Waals surface area contributed by atoms with E-state index in [2.05, 4.69) is 15.6 Å². The van der Waals surface area contributed by atoms with Crippen molar-refractivity contribution in [2.75, 3.05) is 10.6 Å². The lowest BCUT2D eigenvalue weighted by Gasteiger charge is -2.16. The van der Waals surface area contributed by atoms with Crippen molar-refractivity contribution in [2.24, 2.45) is 0 Å². The summed E-state index contributed by atoms with van der Waals surface area (Å²) in [5.41, 5.74) is 1.85. The third-order valence-corrected chi connectivity index (χ3v) is 6.43. The fourth-order valence-corrected chi connectivity index (χ4v) is 4.47. The molecule has 0 bridgehead atoms. The summed E-state index contributed by atoms with van der Waals surface area (Å²) >= 11 is 2.77. The third kappa shape index (κ3) is 5.60. The van der Waals surface area contributed by atoms with Crippen LogP contribution in [-0.4, -0.2) is 16.8 Å². The highest BCUT2D eigenvalue weighted by Crippen LogP contribution is 2.36. The molecule has 0 aliphatic carbocycles. The van der Waals surface area contributed by atoms with Crippen molar-refractivity contribution < 1.29 is 14.0 Å². The van der Waals surface area contributed by atoms with E-state index in [1.807, 2.05) is 42.5 Å². The van der Waals surface area contributed by atoms with Crippen LogP contribution >= 0.6 is 23.1 Å². The summed E-state index contributed by atoms with van der Waals surface area (Å²) in [7, 11) is 0. The number of benzene rings is 3. The van der Waals surface area contributed by atoms with E-state index < -0.39 is 11.1 Å². The summed E-state index contributed by atoms with van der Waals surface area (Å²) in [6.07, 6.45) is 1.64. The highest BCUT2D eigenvalue weighted by atomic mass is 32.2. The number of hydrogen-bond donors (Lipinski definition) is 2. The molecule has 8 heteroatoms. The van der Waals surface area contributed by atoms with Crippen LogP contribution < -0.4 is 10.6 Å². The second-order valence-electron chi connectivity index (χ2n) is 6.72. The molecule has 0 aliphatic heterocycles. The number of carbonyl (C=O) groups excluding carboxylic acids is 2. The fourth-order valence-electron chi connectivity index (χ4n) is 2.91. The monoisotopic (exact) mass is 463 g/mol. The van der Waals surface area contributed by atoms with Gasteiger partial charge in [-0.05, 0) is 54.1 Å². The molecule has 1 heterocycles. The number of anilines is 2. The van der Waals surface area contributed by atoms with Gasteiger partial charge in [0.25, 0.3) is 5.91 Å². The van der Waals surface area contributed by atoms with Gasteiger partial charge in [-0.15, -0.1) is 23.1 Å². The van der Waals surface area contributed by atoms with E-state index in [4.69, 9.17) is 0 Å². The molecule has 1 unspecified atom stereocenters.